The zero-order valence-electron chi connectivity index (χ0n) is 16.5. The zero-order chi connectivity index (χ0) is 21.1. The molecule has 0 aliphatic carbocycles. The van der Waals surface area contributed by atoms with Crippen molar-refractivity contribution in [3.05, 3.63) is 84.7 Å². The molecule has 0 unspecified atom stereocenters. The Bertz CT molecular complexity index is 961. The van der Waals surface area contributed by atoms with Crippen LogP contribution in [0.15, 0.2) is 67.5 Å². The van der Waals surface area contributed by atoms with E-state index in [9.17, 15) is 13.6 Å². The summed E-state index contributed by atoms with van der Waals surface area (Å²) in [7, 11) is 0. The molecule has 2 heterocycles. The molecule has 2 aliphatic rings. The highest BCUT2D eigenvalue weighted by Crippen LogP contribution is 2.26. The predicted octanol–water partition coefficient (Wildman–Crippen LogP) is 3.88. The molecule has 7 heteroatoms. The summed E-state index contributed by atoms with van der Waals surface area (Å²) < 4.78 is 32.0. The smallest absolute Gasteiger partial charge is 0.246 e. The maximum Gasteiger partial charge on any atom is 0.246 e. The van der Waals surface area contributed by atoms with Gasteiger partial charge in [0.05, 0.1) is 6.67 Å². The summed E-state index contributed by atoms with van der Waals surface area (Å²) >= 11 is 0. The lowest BCUT2D eigenvalue weighted by molar-refractivity contribution is -0.125. The van der Waals surface area contributed by atoms with Crippen LogP contribution >= 0.6 is 0 Å². The van der Waals surface area contributed by atoms with Crippen LogP contribution < -0.4 is 9.64 Å². The molecule has 0 saturated carbocycles. The Kier molecular flexibility index (Phi) is 5.70. The number of amides is 1. The molecule has 1 fully saturated rings. The van der Waals surface area contributed by atoms with Crippen LogP contribution in [0.25, 0.3) is 0 Å². The number of halogens is 2. The minimum Gasteiger partial charge on any atom is -0.489 e. The van der Waals surface area contributed by atoms with Gasteiger partial charge in [-0.3, -0.25) is 4.79 Å². The normalized spacial score (nSPS) is 18.2. The van der Waals surface area contributed by atoms with Crippen molar-refractivity contribution < 1.29 is 18.3 Å². The van der Waals surface area contributed by atoms with Crippen LogP contribution in [0, 0.1) is 11.6 Å². The van der Waals surface area contributed by atoms with Gasteiger partial charge in [0.1, 0.15) is 12.4 Å². The highest BCUT2D eigenvalue weighted by molar-refractivity contribution is 5.87. The summed E-state index contributed by atoms with van der Waals surface area (Å²) in [6, 6.07) is 11.7. The summed E-state index contributed by atoms with van der Waals surface area (Å²) in [4.78, 5) is 18.0. The monoisotopic (exact) mass is 411 g/mol. The number of likely N-dealkylation sites (tertiary alicyclic amines) is 1. The first-order valence-corrected chi connectivity index (χ1v) is 9.82. The Labute approximate surface area is 174 Å². The largest absolute Gasteiger partial charge is 0.489 e. The maximum atomic E-state index is 13.3. The molecule has 1 saturated heterocycles. The van der Waals surface area contributed by atoms with E-state index in [-0.39, 0.29) is 12.5 Å². The lowest BCUT2D eigenvalue weighted by Gasteiger charge is -2.26. The number of carbonyl (C=O) groups excluding carboxylic acids is 1. The Morgan fingerprint density at radius 3 is 2.67 bits per heavy atom. The second-order valence-electron chi connectivity index (χ2n) is 7.39. The summed E-state index contributed by atoms with van der Waals surface area (Å²) in [5, 5.41) is 0. The fourth-order valence-corrected chi connectivity index (χ4v) is 3.71. The lowest BCUT2D eigenvalue weighted by Crippen LogP contribution is -2.37. The van der Waals surface area contributed by atoms with Crippen molar-refractivity contribution >= 4 is 11.6 Å². The molecule has 5 nitrogen and oxygen atoms in total. The molecule has 30 heavy (non-hydrogen) atoms. The number of hydrogen-bond acceptors (Lipinski definition) is 4. The van der Waals surface area contributed by atoms with E-state index in [4.69, 9.17) is 4.74 Å². The third-order valence-electron chi connectivity index (χ3n) is 5.43. The number of rotatable bonds is 6. The molecule has 2 aromatic carbocycles. The molecule has 156 valence electrons. The Morgan fingerprint density at radius 2 is 1.93 bits per heavy atom. The van der Waals surface area contributed by atoms with Gasteiger partial charge >= 0.3 is 0 Å². The minimum absolute atomic E-state index is 0.0171. The van der Waals surface area contributed by atoms with Gasteiger partial charge in [-0.15, -0.1) is 0 Å². The number of carbonyl (C=O) groups is 1. The standard InChI is InChI=1S/C23H23F2N3O2/c1-2-23(29)26-10-9-19(14-26)28-12-11-27(16-28)18-4-6-20(7-5-18)30-15-17-3-8-21(24)22(25)13-17/h2-8,11-13,19H,1,9-10,14-16H2/t19-/m1/s1. The minimum atomic E-state index is -0.879. The van der Waals surface area contributed by atoms with Crippen molar-refractivity contribution in [2.45, 2.75) is 19.1 Å². The van der Waals surface area contributed by atoms with Gasteiger partial charge < -0.3 is 19.4 Å². The molecule has 1 atom stereocenters. The summed E-state index contributed by atoms with van der Waals surface area (Å²) in [5.41, 5.74) is 1.59. The van der Waals surface area contributed by atoms with Crippen molar-refractivity contribution in [3.8, 4) is 5.75 Å². The molecule has 2 aromatic rings. The van der Waals surface area contributed by atoms with Gasteiger partial charge in [-0.05, 0) is 54.5 Å². The maximum absolute atomic E-state index is 13.3. The molecule has 0 radical (unpaired) electrons. The van der Waals surface area contributed by atoms with Crippen LogP contribution in [0.1, 0.15) is 12.0 Å². The second-order valence-corrected chi connectivity index (χ2v) is 7.39. The molecule has 0 bridgehead atoms. The predicted molar refractivity (Wildman–Crippen MR) is 111 cm³/mol. The molecule has 0 aromatic heterocycles. The van der Waals surface area contributed by atoms with E-state index >= 15 is 0 Å². The highest BCUT2D eigenvalue weighted by atomic mass is 19.2. The van der Waals surface area contributed by atoms with Crippen molar-refractivity contribution in [3.63, 3.8) is 0 Å². The van der Waals surface area contributed by atoms with Crippen LogP contribution in [0.3, 0.4) is 0 Å². The number of benzene rings is 2. The molecule has 4 rings (SSSR count). The van der Waals surface area contributed by atoms with E-state index in [2.05, 4.69) is 22.6 Å². The fraction of sp³-hybridized carbons (Fsp3) is 0.261. The van der Waals surface area contributed by atoms with Gasteiger partial charge in [-0.1, -0.05) is 12.6 Å². The number of hydrogen-bond donors (Lipinski definition) is 0. The van der Waals surface area contributed by atoms with Crippen LogP contribution in [0.4, 0.5) is 14.5 Å². The van der Waals surface area contributed by atoms with Gasteiger partial charge in [0, 0.05) is 37.2 Å². The van der Waals surface area contributed by atoms with Crippen LogP contribution in [0.5, 0.6) is 5.75 Å². The third kappa shape index (κ3) is 4.30. The average molecular weight is 411 g/mol. The summed E-state index contributed by atoms with van der Waals surface area (Å²) in [5.74, 6) is -1.11. The van der Waals surface area contributed by atoms with E-state index in [1.165, 1.54) is 12.1 Å². The van der Waals surface area contributed by atoms with Crippen LogP contribution in [0.2, 0.25) is 0 Å². The number of anilines is 1. The van der Waals surface area contributed by atoms with Crippen molar-refractivity contribution in [2.24, 2.45) is 0 Å². The fourth-order valence-electron chi connectivity index (χ4n) is 3.71. The Morgan fingerprint density at radius 1 is 1.13 bits per heavy atom. The zero-order valence-corrected chi connectivity index (χ0v) is 16.5. The van der Waals surface area contributed by atoms with E-state index < -0.39 is 11.6 Å². The number of ether oxygens (including phenoxy) is 1. The SMILES string of the molecule is C=CC(=O)N1CC[C@@H](N2C=CN(c3ccc(OCc4ccc(F)c(F)c4)cc3)C2)C1. The van der Waals surface area contributed by atoms with E-state index in [0.29, 0.717) is 23.9 Å². The Hall–Kier alpha value is -3.35. The van der Waals surface area contributed by atoms with Crippen LogP contribution in [-0.4, -0.2) is 41.5 Å². The number of nitrogens with zero attached hydrogens (tertiary/aromatic N) is 3. The van der Waals surface area contributed by atoms with Gasteiger partial charge in [0.25, 0.3) is 0 Å². The van der Waals surface area contributed by atoms with Gasteiger partial charge in [0.2, 0.25) is 5.91 Å². The molecule has 1 amide bonds. The van der Waals surface area contributed by atoms with Gasteiger partial charge in [-0.2, -0.15) is 0 Å². The van der Waals surface area contributed by atoms with E-state index in [1.807, 2.05) is 35.4 Å². The van der Waals surface area contributed by atoms with Crippen molar-refractivity contribution in [2.75, 3.05) is 24.7 Å². The lowest BCUT2D eigenvalue weighted by atomic mass is 10.2. The first kappa shape index (κ1) is 19.9. The quantitative estimate of drug-likeness (QED) is 0.676. The molecule has 2 aliphatic heterocycles. The molecular weight excluding hydrogens is 388 g/mol. The summed E-state index contributed by atoms with van der Waals surface area (Å²) in [6.07, 6.45) is 6.38. The first-order valence-electron chi connectivity index (χ1n) is 9.82. The molecular formula is C23H23F2N3O2. The average Bonchev–Trinajstić information content (AvgIpc) is 3.44. The van der Waals surface area contributed by atoms with Crippen molar-refractivity contribution in [1.29, 1.82) is 0 Å². The highest BCUT2D eigenvalue weighted by Gasteiger charge is 2.30. The third-order valence-corrected chi connectivity index (χ3v) is 5.43. The first-order chi connectivity index (χ1) is 14.5. The topological polar surface area (TPSA) is 36.0 Å². The Balaban J connectivity index is 1.30. The molecule has 0 spiro atoms. The van der Waals surface area contributed by atoms with Gasteiger partial charge in [0.15, 0.2) is 11.6 Å². The summed E-state index contributed by atoms with van der Waals surface area (Å²) in [6.45, 7) is 5.90. The van der Waals surface area contributed by atoms with E-state index in [1.54, 1.807) is 0 Å². The second kappa shape index (κ2) is 8.57. The van der Waals surface area contributed by atoms with Crippen LogP contribution in [-0.2, 0) is 11.4 Å². The van der Waals surface area contributed by atoms with Crippen molar-refractivity contribution in [1.82, 2.24) is 9.80 Å². The molecule has 0 N–H and O–H groups in total. The van der Waals surface area contributed by atoms with E-state index in [0.717, 1.165) is 37.5 Å². The van der Waals surface area contributed by atoms with Gasteiger partial charge in [-0.25, -0.2) is 8.78 Å².